The van der Waals surface area contributed by atoms with Gasteiger partial charge in [0, 0.05) is 11.8 Å². The summed E-state index contributed by atoms with van der Waals surface area (Å²) in [4.78, 5) is 0.230. The van der Waals surface area contributed by atoms with Crippen LogP contribution in [0, 0.1) is 13.8 Å². The smallest absolute Gasteiger partial charge is 0.265 e. The van der Waals surface area contributed by atoms with Gasteiger partial charge in [0.05, 0.1) is 11.7 Å². The van der Waals surface area contributed by atoms with Gasteiger partial charge in [-0.15, -0.1) is 0 Å². The number of aromatic nitrogens is 2. The first-order chi connectivity index (χ1) is 13.5. The van der Waals surface area contributed by atoms with E-state index in [1.807, 2.05) is 67.1 Å². The molecule has 2 aromatic carbocycles. The minimum absolute atomic E-state index is 0.230. The number of nitrogens with zero attached hydrogens (tertiary/aromatic N) is 2. The Kier molecular flexibility index (Phi) is 4.98. The van der Waals surface area contributed by atoms with Crippen LogP contribution >= 0.6 is 0 Å². The van der Waals surface area contributed by atoms with Crippen LogP contribution in [-0.2, 0) is 10.0 Å². The maximum Gasteiger partial charge on any atom is 0.265 e. The molecule has 0 radical (unpaired) electrons. The van der Waals surface area contributed by atoms with E-state index in [0.29, 0.717) is 11.4 Å². The first-order valence-electron chi connectivity index (χ1n) is 9.69. The summed E-state index contributed by atoms with van der Waals surface area (Å²) >= 11 is 0. The van der Waals surface area contributed by atoms with Crippen LogP contribution in [0.5, 0.6) is 0 Å². The van der Waals surface area contributed by atoms with Gasteiger partial charge < -0.3 is 0 Å². The van der Waals surface area contributed by atoms with Crippen molar-refractivity contribution in [2.24, 2.45) is 0 Å². The first kappa shape index (κ1) is 18.7. The molecule has 0 saturated heterocycles. The summed E-state index contributed by atoms with van der Waals surface area (Å²) in [5.74, 6) is 0. The Morgan fingerprint density at radius 1 is 0.964 bits per heavy atom. The predicted molar refractivity (Wildman–Crippen MR) is 112 cm³/mol. The maximum absolute atomic E-state index is 13.4. The van der Waals surface area contributed by atoms with Crippen LogP contribution < -0.4 is 4.72 Å². The molecule has 1 aliphatic rings. The van der Waals surface area contributed by atoms with Gasteiger partial charge in [-0.2, -0.15) is 5.10 Å². The van der Waals surface area contributed by atoms with Crippen molar-refractivity contribution >= 4 is 15.7 Å². The monoisotopic (exact) mass is 395 g/mol. The Labute approximate surface area is 166 Å². The van der Waals surface area contributed by atoms with Crippen molar-refractivity contribution < 1.29 is 8.42 Å². The van der Waals surface area contributed by atoms with E-state index in [0.717, 1.165) is 42.4 Å². The normalized spacial score (nSPS) is 15.1. The zero-order valence-electron chi connectivity index (χ0n) is 16.2. The third kappa shape index (κ3) is 3.56. The van der Waals surface area contributed by atoms with Gasteiger partial charge in [0.25, 0.3) is 10.0 Å². The van der Waals surface area contributed by atoms with Gasteiger partial charge in [0.1, 0.15) is 10.6 Å². The summed E-state index contributed by atoms with van der Waals surface area (Å²) in [7, 11) is -3.78. The molecule has 1 heterocycles. The number of sulfonamides is 1. The van der Waals surface area contributed by atoms with Crippen molar-refractivity contribution in [1.29, 1.82) is 0 Å². The van der Waals surface area contributed by atoms with Crippen molar-refractivity contribution in [3.8, 4) is 11.3 Å². The van der Waals surface area contributed by atoms with Gasteiger partial charge in [-0.1, -0.05) is 61.4 Å². The van der Waals surface area contributed by atoms with Crippen molar-refractivity contribution in [3.63, 3.8) is 0 Å². The van der Waals surface area contributed by atoms with E-state index < -0.39 is 10.0 Å². The molecule has 28 heavy (non-hydrogen) atoms. The number of benzene rings is 2. The fourth-order valence-corrected chi connectivity index (χ4v) is 5.25. The standard InChI is InChI=1S/C22H25N3O2S/c1-16-9-8-10-17(2)21(16)24-28(26,27)20-15-25(19-13-6-7-14-19)23-22(20)18-11-4-3-5-12-18/h3-5,8-12,15,19,24H,6-7,13-14H2,1-2H3. The number of nitrogens with one attached hydrogen (secondary N) is 1. The van der Waals surface area contributed by atoms with Gasteiger partial charge >= 0.3 is 0 Å². The Hall–Kier alpha value is -2.60. The number of rotatable bonds is 5. The average molecular weight is 396 g/mol. The van der Waals surface area contributed by atoms with Crippen molar-refractivity contribution in [2.45, 2.75) is 50.5 Å². The molecule has 0 bridgehead atoms. The molecule has 1 aliphatic carbocycles. The van der Waals surface area contributed by atoms with Gasteiger partial charge in [0.2, 0.25) is 0 Å². The molecule has 0 atom stereocenters. The molecule has 1 aromatic heterocycles. The minimum Gasteiger partial charge on any atom is -0.279 e. The number of anilines is 1. The van der Waals surface area contributed by atoms with Gasteiger partial charge in [-0.05, 0) is 37.8 Å². The van der Waals surface area contributed by atoms with E-state index in [9.17, 15) is 8.42 Å². The van der Waals surface area contributed by atoms with Crippen LogP contribution in [-0.4, -0.2) is 18.2 Å². The van der Waals surface area contributed by atoms with E-state index in [-0.39, 0.29) is 10.9 Å². The fourth-order valence-electron chi connectivity index (χ4n) is 3.89. The summed E-state index contributed by atoms with van der Waals surface area (Å²) in [6, 6.07) is 15.5. The lowest BCUT2D eigenvalue weighted by molar-refractivity contribution is 0.467. The second-order valence-corrected chi connectivity index (χ2v) is 9.15. The lowest BCUT2D eigenvalue weighted by Gasteiger charge is -2.13. The summed E-state index contributed by atoms with van der Waals surface area (Å²) < 4.78 is 31.4. The fraction of sp³-hybridized carbons (Fsp3) is 0.318. The number of para-hydroxylation sites is 1. The first-order valence-corrected chi connectivity index (χ1v) is 11.2. The number of hydrogen-bond acceptors (Lipinski definition) is 3. The predicted octanol–water partition coefficient (Wildman–Crippen LogP) is 5.08. The largest absolute Gasteiger partial charge is 0.279 e. The number of hydrogen-bond donors (Lipinski definition) is 1. The molecule has 3 aromatic rings. The molecular weight excluding hydrogens is 370 g/mol. The van der Waals surface area contributed by atoms with Gasteiger partial charge in [-0.3, -0.25) is 9.40 Å². The van der Waals surface area contributed by atoms with E-state index in [2.05, 4.69) is 4.72 Å². The molecule has 1 fully saturated rings. The van der Waals surface area contributed by atoms with Crippen LogP contribution in [0.3, 0.4) is 0 Å². The Bertz CT molecular complexity index is 1060. The van der Waals surface area contributed by atoms with E-state index in [1.165, 1.54) is 0 Å². The number of aryl methyl sites for hydroxylation is 2. The van der Waals surface area contributed by atoms with Crippen LogP contribution in [0.15, 0.2) is 59.6 Å². The van der Waals surface area contributed by atoms with Gasteiger partial charge in [0.15, 0.2) is 0 Å². The Balaban J connectivity index is 1.80. The summed E-state index contributed by atoms with van der Waals surface area (Å²) in [5.41, 5.74) is 3.74. The zero-order valence-corrected chi connectivity index (χ0v) is 17.0. The summed E-state index contributed by atoms with van der Waals surface area (Å²) in [5, 5.41) is 4.71. The molecule has 4 rings (SSSR count). The second-order valence-electron chi connectivity index (χ2n) is 7.50. The van der Waals surface area contributed by atoms with Crippen LogP contribution in [0.1, 0.15) is 42.9 Å². The lowest BCUT2D eigenvalue weighted by atomic mass is 10.1. The van der Waals surface area contributed by atoms with E-state index in [1.54, 1.807) is 6.20 Å². The second kappa shape index (κ2) is 7.43. The summed E-state index contributed by atoms with van der Waals surface area (Å²) in [6.45, 7) is 3.82. The highest BCUT2D eigenvalue weighted by molar-refractivity contribution is 7.92. The Morgan fingerprint density at radius 3 is 2.25 bits per heavy atom. The minimum atomic E-state index is -3.78. The quantitative estimate of drug-likeness (QED) is 0.655. The summed E-state index contributed by atoms with van der Waals surface area (Å²) in [6.07, 6.45) is 6.11. The lowest BCUT2D eigenvalue weighted by Crippen LogP contribution is -2.15. The average Bonchev–Trinajstić information content (AvgIpc) is 3.35. The molecule has 1 saturated carbocycles. The Morgan fingerprint density at radius 2 is 1.61 bits per heavy atom. The zero-order chi connectivity index (χ0) is 19.7. The van der Waals surface area contributed by atoms with Crippen molar-refractivity contribution in [1.82, 2.24) is 9.78 Å². The topological polar surface area (TPSA) is 64.0 Å². The van der Waals surface area contributed by atoms with E-state index in [4.69, 9.17) is 5.10 Å². The highest BCUT2D eigenvalue weighted by Gasteiger charge is 2.27. The van der Waals surface area contributed by atoms with E-state index >= 15 is 0 Å². The highest BCUT2D eigenvalue weighted by atomic mass is 32.2. The molecule has 6 heteroatoms. The third-order valence-electron chi connectivity index (χ3n) is 5.45. The molecule has 0 aliphatic heterocycles. The SMILES string of the molecule is Cc1cccc(C)c1NS(=O)(=O)c1cn(C2CCCC2)nc1-c1ccccc1. The molecular formula is C22H25N3O2S. The highest BCUT2D eigenvalue weighted by Crippen LogP contribution is 2.34. The molecule has 5 nitrogen and oxygen atoms in total. The maximum atomic E-state index is 13.4. The molecule has 1 N–H and O–H groups in total. The van der Waals surface area contributed by atoms with Crippen LogP contribution in [0.25, 0.3) is 11.3 Å². The van der Waals surface area contributed by atoms with Crippen LogP contribution in [0.4, 0.5) is 5.69 Å². The molecule has 0 spiro atoms. The van der Waals surface area contributed by atoms with Crippen molar-refractivity contribution in [3.05, 3.63) is 65.9 Å². The molecule has 0 amide bonds. The molecule has 146 valence electrons. The van der Waals surface area contributed by atoms with Gasteiger partial charge in [-0.25, -0.2) is 8.42 Å². The van der Waals surface area contributed by atoms with Crippen molar-refractivity contribution in [2.75, 3.05) is 4.72 Å². The molecule has 0 unspecified atom stereocenters. The van der Waals surface area contributed by atoms with Crippen LogP contribution in [0.2, 0.25) is 0 Å². The third-order valence-corrected chi connectivity index (χ3v) is 6.80.